The Kier molecular flexibility index (Phi) is 7.35. The molecule has 0 unspecified atom stereocenters. The molecular weight excluding hydrogens is 497 g/mol. The van der Waals surface area contributed by atoms with Crippen molar-refractivity contribution in [1.82, 2.24) is 9.88 Å². The summed E-state index contributed by atoms with van der Waals surface area (Å²) in [6.07, 6.45) is -0.492. The zero-order chi connectivity index (χ0) is 27.0. The maximum atomic E-state index is 13.5. The fraction of sp³-hybridized carbons (Fsp3) is 0.536. The van der Waals surface area contributed by atoms with E-state index < -0.39 is 17.8 Å². The second-order valence-electron chi connectivity index (χ2n) is 10.7. The Balaban J connectivity index is 1.42. The lowest BCUT2D eigenvalue weighted by atomic mass is 9.79. The number of hydrogen-bond acceptors (Lipinski definition) is 5. The normalized spacial score (nSPS) is 22.1. The lowest BCUT2D eigenvalue weighted by Crippen LogP contribution is -2.39. The number of hydrogen-bond donors (Lipinski definition) is 1. The van der Waals surface area contributed by atoms with Crippen LogP contribution >= 0.6 is 0 Å². The van der Waals surface area contributed by atoms with Crippen molar-refractivity contribution in [2.75, 3.05) is 36.5 Å². The minimum absolute atomic E-state index is 0.0000667. The van der Waals surface area contributed by atoms with E-state index in [2.05, 4.69) is 24.1 Å². The van der Waals surface area contributed by atoms with Crippen molar-refractivity contribution in [2.45, 2.75) is 58.3 Å². The molecular formula is C28H33F3N4O3. The van der Waals surface area contributed by atoms with Crippen LogP contribution in [0.4, 0.5) is 24.5 Å². The molecule has 2 aliphatic heterocycles. The highest BCUT2D eigenvalue weighted by Gasteiger charge is 2.37. The molecule has 1 saturated carbocycles. The molecule has 5 rings (SSSR count). The van der Waals surface area contributed by atoms with Crippen molar-refractivity contribution in [3.8, 4) is 0 Å². The first-order valence-electron chi connectivity index (χ1n) is 13.3. The number of carbonyl (C=O) groups is 2. The van der Waals surface area contributed by atoms with Crippen LogP contribution in [0, 0.1) is 11.8 Å². The fourth-order valence-electron chi connectivity index (χ4n) is 5.82. The molecule has 0 spiro atoms. The van der Waals surface area contributed by atoms with Crippen LogP contribution in [0.25, 0.3) is 0 Å². The highest BCUT2D eigenvalue weighted by atomic mass is 19.4. The van der Waals surface area contributed by atoms with Gasteiger partial charge in [-0.3, -0.25) is 9.59 Å². The molecule has 3 heterocycles. The van der Waals surface area contributed by atoms with E-state index in [9.17, 15) is 22.8 Å². The largest absolute Gasteiger partial charge is 0.433 e. The van der Waals surface area contributed by atoms with Gasteiger partial charge >= 0.3 is 6.18 Å². The predicted molar refractivity (Wildman–Crippen MR) is 137 cm³/mol. The Labute approximate surface area is 220 Å². The van der Waals surface area contributed by atoms with Gasteiger partial charge in [0.1, 0.15) is 11.4 Å². The van der Waals surface area contributed by atoms with Gasteiger partial charge < -0.3 is 19.9 Å². The lowest BCUT2D eigenvalue weighted by molar-refractivity contribution is -0.141. The summed E-state index contributed by atoms with van der Waals surface area (Å²) in [5.74, 6) is 0.584. The number of amides is 2. The van der Waals surface area contributed by atoms with Crippen LogP contribution in [-0.4, -0.2) is 54.0 Å². The number of pyridine rings is 1. The number of alkyl halides is 3. The molecule has 10 heteroatoms. The van der Waals surface area contributed by atoms with Crippen molar-refractivity contribution >= 4 is 23.2 Å². The summed E-state index contributed by atoms with van der Waals surface area (Å²) < 4.78 is 44.9. The third-order valence-electron chi connectivity index (χ3n) is 8.05. The van der Waals surface area contributed by atoms with Gasteiger partial charge in [0, 0.05) is 31.2 Å². The Bertz CT molecular complexity index is 1200. The van der Waals surface area contributed by atoms with Crippen molar-refractivity contribution in [1.29, 1.82) is 0 Å². The summed E-state index contributed by atoms with van der Waals surface area (Å²) in [7, 11) is 0. The molecule has 7 nitrogen and oxygen atoms in total. The van der Waals surface area contributed by atoms with E-state index >= 15 is 0 Å². The molecule has 1 aliphatic carbocycles. The Hall–Kier alpha value is -3.14. The van der Waals surface area contributed by atoms with Crippen molar-refractivity contribution in [3.05, 3.63) is 52.8 Å². The standard InChI is InChI=1S/C28H33F3N4O3/c1-17(2)18-6-8-20(9-7-18)35-16-19-14-23(24(15-21(19)27(35)37)34-10-12-38-13-11-34)33-26(36)22-4-3-5-25(32-22)28(29,30)31/h3-5,14-15,17-18,20H,6-13,16H2,1-2H3,(H,33,36)/t18-,20-. The number of ether oxygens (including phenoxy) is 1. The Morgan fingerprint density at radius 1 is 1.11 bits per heavy atom. The summed E-state index contributed by atoms with van der Waals surface area (Å²) in [6, 6.07) is 7.05. The molecule has 2 aromatic rings. The second-order valence-corrected chi connectivity index (χ2v) is 10.7. The summed E-state index contributed by atoms with van der Waals surface area (Å²) in [4.78, 5) is 34.0. The van der Waals surface area contributed by atoms with E-state index in [-0.39, 0.29) is 17.6 Å². The van der Waals surface area contributed by atoms with Crippen LogP contribution in [0.3, 0.4) is 0 Å². The third-order valence-corrected chi connectivity index (χ3v) is 8.05. The molecule has 1 N–H and O–H groups in total. The minimum Gasteiger partial charge on any atom is -0.378 e. The Morgan fingerprint density at radius 2 is 1.82 bits per heavy atom. The Morgan fingerprint density at radius 3 is 2.47 bits per heavy atom. The maximum absolute atomic E-state index is 13.5. The number of nitrogens with zero attached hydrogens (tertiary/aromatic N) is 3. The topological polar surface area (TPSA) is 74.8 Å². The smallest absolute Gasteiger partial charge is 0.378 e. The molecule has 204 valence electrons. The number of fused-ring (bicyclic) bond motifs is 1. The van der Waals surface area contributed by atoms with Crippen molar-refractivity contribution < 1.29 is 27.5 Å². The molecule has 0 atom stereocenters. The first-order chi connectivity index (χ1) is 18.1. The molecule has 2 fully saturated rings. The quantitative estimate of drug-likeness (QED) is 0.564. The summed E-state index contributed by atoms with van der Waals surface area (Å²) >= 11 is 0. The van der Waals surface area contributed by atoms with E-state index in [1.807, 2.05) is 15.9 Å². The van der Waals surface area contributed by atoms with Gasteiger partial charge in [-0.1, -0.05) is 19.9 Å². The number of carbonyl (C=O) groups excluding carboxylic acids is 2. The molecule has 38 heavy (non-hydrogen) atoms. The first-order valence-corrected chi connectivity index (χ1v) is 13.3. The van der Waals surface area contributed by atoms with Gasteiger partial charge in [-0.15, -0.1) is 0 Å². The monoisotopic (exact) mass is 530 g/mol. The van der Waals surface area contributed by atoms with Crippen LogP contribution in [0.1, 0.15) is 71.6 Å². The fourth-order valence-corrected chi connectivity index (χ4v) is 5.82. The maximum Gasteiger partial charge on any atom is 0.433 e. The second kappa shape index (κ2) is 10.6. The highest BCUT2D eigenvalue weighted by Crippen LogP contribution is 2.39. The van der Waals surface area contributed by atoms with E-state index in [4.69, 9.17) is 4.74 Å². The molecule has 1 aromatic carbocycles. The lowest BCUT2D eigenvalue weighted by Gasteiger charge is -2.36. The number of aromatic nitrogens is 1. The number of anilines is 2. The molecule has 1 aromatic heterocycles. The number of rotatable bonds is 5. The molecule has 0 radical (unpaired) electrons. The van der Waals surface area contributed by atoms with Gasteiger partial charge in [-0.05, 0) is 67.3 Å². The summed E-state index contributed by atoms with van der Waals surface area (Å²) in [6.45, 7) is 7.09. The van der Waals surface area contributed by atoms with Gasteiger partial charge in [0.25, 0.3) is 11.8 Å². The summed E-state index contributed by atoms with van der Waals surface area (Å²) in [5.41, 5.74) is 1.09. The van der Waals surface area contributed by atoms with Crippen LogP contribution in [0.5, 0.6) is 0 Å². The van der Waals surface area contributed by atoms with Gasteiger partial charge in [0.05, 0.1) is 24.6 Å². The molecule has 1 saturated heterocycles. The van der Waals surface area contributed by atoms with E-state index in [1.54, 1.807) is 6.07 Å². The summed E-state index contributed by atoms with van der Waals surface area (Å²) in [5, 5.41) is 2.78. The average Bonchev–Trinajstić information content (AvgIpc) is 3.23. The van der Waals surface area contributed by atoms with E-state index in [1.165, 1.54) is 12.1 Å². The first kappa shape index (κ1) is 26.5. The van der Waals surface area contributed by atoms with Gasteiger partial charge in [-0.2, -0.15) is 13.2 Å². The number of morpholine rings is 1. The van der Waals surface area contributed by atoms with Gasteiger partial charge in [0.2, 0.25) is 0 Å². The third kappa shape index (κ3) is 5.36. The molecule has 0 bridgehead atoms. The van der Waals surface area contributed by atoms with Crippen molar-refractivity contribution in [2.24, 2.45) is 11.8 Å². The average molecular weight is 531 g/mol. The molecule has 2 amide bonds. The van der Waals surface area contributed by atoms with Gasteiger partial charge in [0.15, 0.2) is 0 Å². The van der Waals surface area contributed by atoms with E-state index in [0.29, 0.717) is 61.6 Å². The zero-order valence-electron chi connectivity index (χ0n) is 21.7. The van der Waals surface area contributed by atoms with E-state index in [0.717, 1.165) is 37.3 Å². The minimum atomic E-state index is -4.65. The van der Waals surface area contributed by atoms with Crippen LogP contribution in [0.2, 0.25) is 0 Å². The highest BCUT2D eigenvalue weighted by molar-refractivity contribution is 6.07. The zero-order valence-corrected chi connectivity index (χ0v) is 21.7. The molecule has 3 aliphatic rings. The van der Waals surface area contributed by atoms with Crippen LogP contribution < -0.4 is 10.2 Å². The van der Waals surface area contributed by atoms with Crippen LogP contribution in [-0.2, 0) is 17.5 Å². The number of benzene rings is 1. The number of halogens is 3. The SMILES string of the molecule is CC(C)[C@H]1CC[C@H](N2Cc3cc(NC(=O)c4cccc(C(F)(F)F)n4)c(N4CCOCC4)cc3C2=O)CC1. The van der Waals surface area contributed by atoms with Crippen LogP contribution in [0.15, 0.2) is 30.3 Å². The predicted octanol–water partition coefficient (Wildman–Crippen LogP) is 5.36. The number of nitrogens with one attached hydrogen (secondary N) is 1. The van der Waals surface area contributed by atoms with Crippen molar-refractivity contribution in [3.63, 3.8) is 0 Å². The van der Waals surface area contributed by atoms with Gasteiger partial charge in [-0.25, -0.2) is 4.98 Å².